The van der Waals surface area contributed by atoms with Crippen molar-refractivity contribution < 1.29 is 22.7 Å². The van der Waals surface area contributed by atoms with E-state index in [1.165, 1.54) is 11.3 Å². The molecule has 4 rings (SSSR count). The molecule has 1 aromatic heterocycles. The van der Waals surface area contributed by atoms with Crippen molar-refractivity contribution in [3.63, 3.8) is 0 Å². The number of nitrogens with one attached hydrogen (secondary N) is 1. The van der Waals surface area contributed by atoms with Gasteiger partial charge in [0.25, 0.3) is 0 Å². The zero-order valence-electron chi connectivity index (χ0n) is 18.7. The molecule has 0 aliphatic heterocycles. The molecule has 0 fully saturated rings. The van der Waals surface area contributed by atoms with E-state index in [0.29, 0.717) is 10.6 Å². The van der Waals surface area contributed by atoms with Gasteiger partial charge in [0.05, 0.1) is 22.3 Å². The Morgan fingerprint density at radius 3 is 2.55 bits per heavy atom. The molecule has 1 amide bonds. The minimum Gasteiger partial charge on any atom is -0.459 e. The van der Waals surface area contributed by atoms with Gasteiger partial charge in [0, 0.05) is 11.3 Å². The molecule has 0 unspecified atom stereocenters. The lowest BCUT2D eigenvalue weighted by Gasteiger charge is -2.14. The fourth-order valence-corrected chi connectivity index (χ4v) is 6.60. The van der Waals surface area contributed by atoms with E-state index >= 15 is 0 Å². The number of rotatable bonds is 7. The van der Waals surface area contributed by atoms with Crippen molar-refractivity contribution in [2.45, 2.75) is 57.0 Å². The van der Waals surface area contributed by atoms with Crippen molar-refractivity contribution in [2.24, 2.45) is 0 Å². The van der Waals surface area contributed by atoms with Gasteiger partial charge in [-0.05, 0) is 68.0 Å². The predicted molar refractivity (Wildman–Crippen MR) is 131 cm³/mol. The summed E-state index contributed by atoms with van der Waals surface area (Å²) in [5.41, 5.74) is 1.38. The highest BCUT2D eigenvalue weighted by Gasteiger charge is 2.28. The third kappa shape index (κ3) is 5.28. The second-order valence-corrected chi connectivity index (χ2v) is 11.7. The average molecular weight is 486 g/mol. The van der Waals surface area contributed by atoms with Crippen LogP contribution in [0.2, 0.25) is 0 Å². The van der Waals surface area contributed by atoms with Crippen LogP contribution < -0.4 is 5.32 Å². The number of carbonyl (C=O) groups excluding carboxylic acids is 2. The number of amides is 1. The van der Waals surface area contributed by atoms with Gasteiger partial charge in [-0.25, -0.2) is 13.2 Å². The highest BCUT2D eigenvalue weighted by molar-refractivity contribution is 7.91. The number of aryl methyl sites for hydroxylation is 1. The molecule has 0 saturated carbocycles. The fraction of sp³-hybridized carbons (Fsp3) is 0.360. The van der Waals surface area contributed by atoms with E-state index in [-0.39, 0.29) is 23.2 Å². The third-order valence-corrected chi connectivity index (χ3v) is 8.57. The molecule has 1 N–H and O–H groups in total. The zero-order chi connectivity index (χ0) is 23.6. The number of hydrogen-bond acceptors (Lipinski definition) is 6. The number of benzene rings is 2. The lowest BCUT2D eigenvalue weighted by atomic mass is 9.95. The Morgan fingerprint density at radius 1 is 1.06 bits per heavy atom. The maximum Gasteiger partial charge on any atom is 0.341 e. The average Bonchev–Trinajstić information content (AvgIpc) is 3.15. The fourth-order valence-electron chi connectivity index (χ4n) is 4.04. The number of anilines is 1. The molecule has 1 aliphatic carbocycles. The Hall–Kier alpha value is -2.71. The topological polar surface area (TPSA) is 89.5 Å². The van der Waals surface area contributed by atoms with Gasteiger partial charge >= 0.3 is 5.97 Å². The minimum absolute atomic E-state index is 0.196. The van der Waals surface area contributed by atoms with Crippen LogP contribution in [0.25, 0.3) is 10.8 Å². The van der Waals surface area contributed by atoms with Gasteiger partial charge in [-0.3, -0.25) is 4.79 Å². The van der Waals surface area contributed by atoms with E-state index in [0.717, 1.165) is 46.9 Å². The molecule has 8 heteroatoms. The summed E-state index contributed by atoms with van der Waals surface area (Å²) < 4.78 is 31.1. The van der Waals surface area contributed by atoms with Crippen LogP contribution in [-0.2, 0) is 32.2 Å². The monoisotopic (exact) mass is 485 g/mol. The largest absolute Gasteiger partial charge is 0.459 e. The molecule has 1 heterocycles. The standard InChI is InChI=1S/C25H27NO5S2/c1-16(2)31-25(28)23-20-9-5-6-10-21(20)32-24(23)26-22(27)13-14-33(29,30)19-12-11-17-7-3-4-8-18(17)15-19/h3-4,7-8,11-12,15-16H,5-6,9-10,13-14H2,1-2H3,(H,26,27). The maximum absolute atomic E-state index is 12.8. The Balaban J connectivity index is 1.49. The summed E-state index contributed by atoms with van der Waals surface area (Å²) >= 11 is 1.39. The summed E-state index contributed by atoms with van der Waals surface area (Å²) in [6.45, 7) is 3.57. The summed E-state index contributed by atoms with van der Waals surface area (Å²) in [4.78, 5) is 26.7. The summed E-state index contributed by atoms with van der Waals surface area (Å²) in [5, 5.41) is 5.04. The summed E-state index contributed by atoms with van der Waals surface area (Å²) in [7, 11) is -3.63. The molecule has 0 bridgehead atoms. The second-order valence-electron chi connectivity index (χ2n) is 8.50. The first-order chi connectivity index (χ1) is 15.7. The van der Waals surface area contributed by atoms with E-state index < -0.39 is 21.7 Å². The van der Waals surface area contributed by atoms with Gasteiger partial charge in [0.2, 0.25) is 5.91 Å². The molecule has 0 spiro atoms. The normalized spacial score (nSPS) is 13.7. The summed E-state index contributed by atoms with van der Waals surface area (Å²) in [6, 6.07) is 12.5. The van der Waals surface area contributed by atoms with Crippen LogP contribution in [0.5, 0.6) is 0 Å². The first kappa shape index (κ1) is 23.4. The molecular weight excluding hydrogens is 458 g/mol. The van der Waals surface area contributed by atoms with Gasteiger partial charge in [0.1, 0.15) is 5.00 Å². The van der Waals surface area contributed by atoms with Crippen LogP contribution in [0, 0.1) is 0 Å². The van der Waals surface area contributed by atoms with Crippen molar-refractivity contribution in [3.05, 3.63) is 58.5 Å². The van der Waals surface area contributed by atoms with Crippen LogP contribution in [0.4, 0.5) is 5.00 Å². The van der Waals surface area contributed by atoms with Crippen molar-refractivity contribution in [2.75, 3.05) is 11.1 Å². The molecule has 0 atom stereocenters. The molecule has 0 saturated heterocycles. The van der Waals surface area contributed by atoms with Crippen LogP contribution in [0.3, 0.4) is 0 Å². The van der Waals surface area contributed by atoms with Gasteiger partial charge in [-0.15, -0.1) is 11.3 Å². The van der Waals surface area contributed by atoms with Crippen LogP contribution in [-0.4, -0.2) is 32.2 Å². The first-order valence-corrected chi connectivity index (χ1v) is 13.6. The Bertz CT molecular complexity index is 1310. The third-order valence-electron chi connectivity index (χ3n) is 5.65. The number of hydrogen-bond donors (Lipinski definition) is 1. The smallest absolute Gasteiger partial charge is 0.341 e. The molecule has 1 aliphatic rings. The van der Waals surface area contributed by atoms with E-state index in [4.69, 9.17) is 4.74 Å². The molecular formula is C25H27NO5S2. The second kappa shape index (κ2) is 9.65. The first-order valence-electron chi connectivity index (χ1n) is 11.1. The van der Waals surface area contributed by atoms with Gasteiger partial charge in [-0.1, -0.05) is 30.3 Å². The summed E-state index contributed by atoms with van der Waals surface area (Å²) in [5.74, 6) is -1.19. The van der Waals surface area contributed by atoms with Crippen LogP contribution >= 0.6 is 11.3 Å². The number of thiophene rings is 1. The molecule has 2 aromatic carbocycles. The van der Waals surface area contributed by atoms with Crippen LogP contribution in [0.1, 0.15) is 53.9 Å². The van der Waals surface area contributed by atoms with E-state index in [1.807, 2.05) is 24.3 Å². The van der Waals surface area contributed by atoms with E-state index in [2.05, 4.69) is 5.32 Å². The number of sulfone groups is 1. The number of fused-ring (bicyclic) bond motifs is 2. The van der Waals surface area contributed by atoms with Gasteiger partial charge in [0.15, 0.2) is 9.84 Å². The van der Waals surface area contributed by atoms with E-state index in [1.54, 1.807) is 32.0 Å². The van der Waals surface area contributed by atoms with Crippen LogP contribution in [0.15, 0.2) is 47.4 Å². The number of carbonyl (C=O) groups is 2. The SMILES string of the molecule is CC(C)OC(=O)c1c(NC(=O)CCS(=O)(=O)c2ccc3ccccc3c2)sc2c1CCCC2. The maximum atomic E-state index is 12.8. The Labute approximate surface area is 197 Å². The van der Waals surface area contributed by atoms with Crippen molar-refractivity contribution in [1.29, 1.82) is 0 Å². The molecule has 33 heavy (non-hydrogen) atoms. The van der Waals surface area contributed by atoms with Crippen molar-refractivity contribution in [3.8, 4) is 0 Å². The zero-order valence-corrected chi connectivity index (χ0v) is 20.4. The molecule has 174 valence electrons. The highest BCUT2D eigenvalue weighted by atomic mass is 32.2. The summed E-state index contributed by atoms with van der Waals surface area (Å²) in [6.07, 6.45) is 3.21. The number of ether oxygens (including phenoxy) is 1. The number of esters is 1. The lowest BCUT2D eigenvalue weighted by Crippen LogP contribution is -2.20. The molecule has 3 aromatic rings. The van der Waals surface area contributed by atoms with Crippen molar-refractivity contribution >= 4 is 48.8 Å². The van der Waals surface area contributed by atoms with E-state index in [9.17, 15) is 18.0 Å². The predicted octanol–water partition coefficient (Wildman–Crippen LogP) is 5.15. The quantitative estimate of drug-likeness (QED) is 0.468. The highest BCUT2D eigenvalue weighted by Crippen LogP contribution is 2.38. The minimum atomic E-state index is -3.63. The van der Waals surface area contributed by atoms with Gasteiger partial charge in [-0.2, -0.15) is 0 Å². The van der Waals surface area contributed by atoms with Crippen molar-refractivity contribution in [1.82, 2.24) is 0 Å². The lowest BCUT2D eigenvalue weighted by molar-refractivity contribution is -0.115. The Kier molecular flexibility index (Phi) is 6.86. The van der Waals surface area contributed by atoms with Gasteiger partial charge < -0.3 is 10.1 Å². The Morgan fingerprint density at radius 2 is 1.79 bits per heavy atom. The molecule has 6 nitrogen and oxygen atoms in total. The molecule has 0 radical (unpaired) electrons.